The molecule has 2 aromatic rings. The van der Waals surface area contributed by atoms with Crippen LogP contribution >= 0.6 is 11.6 Å². The molecule has 25 heavy (non-hydrogen) atoms. The summed E-state index contributed by atoms with van der Waals surface area (Å²) in [6.07, 6.45) is 1.14. The van der Waals surface area contributed by atoms with Crippen LogP contribution in [-0.2, 0) is 16.0 Å². The Labute approximate surface area is 153 Å². The van der Waals surface area contributed by atoms with Crippen molar-refractivity contribution in [2.75, 3.05) is 26.8 Å². The monoisotopic (exact) mass is 359 g/mol. The fourth-order valence-electron chi connectivity index (χ4n) is 2.96. The molecule has 1 fully saturated rings. The molecule has 0 aromatic heterocycles. The number of ether oxygens (including phenoxy) is 2. The summed E-state index contributed by atoms with van der Waals surface area (Å²) in [7, 11) is 1.65. The second-order valence-corrected chi connectivity index (χ2v) is 6.54. The number of halogens is 1. The fraction of sp³-hybridized carbons (Fsp3) is 0.350. The molecular weight excluding hydrogens is 338 g/mol. The molecule has 1 unspecified atom stereocenters. The number of methoxy groups -OCH3 is 1. The first-order valence-electron chi connectivity index (χ1n) is 8.43. The van der Waals surface area contributed by atoms with Crippen LogP contribution in [0.2, 0.25) is 5.02 Å². The number of morpholine rings is 1. The third-order valence-corrected chi connectivity index (χ3v) is 4.70. The van der Waals surface area contributed by atoms with E-state index in [1.165, 1.54) is 0 Å². The zero-order valence-electron chi connectivity index (χ0n) is 14.3. The molecule has 132 valence electrons. The first-order valence-corrected chi connectivity index (χ1v) is 8.81. The number of carbonyl (C=O) groups excluding carboxylic acids is 1. The molecule has 2 aromatic carbocycles. The van der Waals surface area contributed by atoms with Crippen LogP contribution in [0.3, 0.4) is 0 Å². The van der Waals surface area contributed by atoms with E-state index in [-0.39, 0.29) is 12.0 Å². The van der Waals surface area contributed by atoms with Gasteiger partial charge in [0.05, 0.1) is 20.3 Å². The average molecular weight is 360 g/mol. The van der Waals surface area contributed by atoms with Crippen LogP contribution in [0.1, 0.15) is 23.7 Å². The van der Waals surface area contributed by atoms with Crippen LogP contribution in [0, 0.1) is 0 Å². The van der Waals surface area contributed by atoms with Gasteiger partial charge in [0, 0.05) is 18.0 Å². The summed E-state index contributed by atoms with van der Waals surface area (Å²) in [5.41, 5.74) is 2.19. The lowest BCUT2D eigenvalue weighted by Gasteiger charge is -2.33. The SMILES string of the molecule is COc1ccc(CCC(=O)N2CCOC(c3ccc(Cl)cc3)C2)cc1. The van der Waals surface area contributed by atoms with Crippen molar-refractivity contribution in [2.45, 2.75) is 18.9 Å². The van der Waals surface area contributed by atoms with E-state index in [4.69, 9.17) is 21.1 Å². The van der Waals surface area contributed by atoms with Crippen molar-refractivity contribution in [3.8, 4) is 5.75 Å². The van der Waals surface area contributed by atoms with Crippen LogP contribution in [-0.4, -0.2) is 37.6 Å². The highest BCUT2D eigenvalue weighted by Crippen LogP contribution is 2.24. The fourth-order valence-corrected chi connectivity index (χ4v) is 3.08. The molecule has 1 amide bonds. The molecule has 0 radical (unpaired) electrons. The maximum absolute atomic E-state index is 12.6. The summed E-state index contributed by atoms with van der Waals surface area (Å²) in [6, 6.07) is 15.5. The minimum atomic E-state index is -0.0871. The van der Waals surface area contributed by atoms with Crippen molar-refractivity contribution in [1.29, 1.82) is 0 Å². The standard InChI is InChI=1S/C20H22ClNO3/c1-24-18-9-2-15(3-10-18)4-11-20(23)22-12-13-25-19(14-22)16-5-7-17(21)8-6-16/h2-3,5-10,19H,4,11-14H2,1H3. The lowest BCUT2D eigenvalue weighted by Crippen LogP contribution is -2.42. The van der Waals surface area contributed by atoms with E-state index in [0.29, 0.717) is 31.1 Å². The van der Waals surface area contributed by atoms with Gasteiger partial charge in [-0.2, -0.15) is 0 Å². The molecule has 0 saturated carbocycles. The first-order chi connectivity index (χ1) is 12.2. The minimum Gasteiger partial charge on any atom is -0.497 e. The van der Waals surface area contributed by atoms with Gasteiger partial charge in [-0.25, -0.2) is 0 Å². The Kier molecular flexibility index (Phi) is 5.95. The van der Waals surface area contributed by atoms with E-state index in [9.17, 15) is 4.79 Å². The van der Waals surface area contributed by atoms with Crippen molar-refractivity contribution in [1.82, 2.24) is 4.90 Å². The van der Waals surface area contributed by atoms with Crippen LogP contribution in [0.25, 0.3) is 0 Å². The molecule has 3 rings (SSSR count). The van der Waals surface area contributed by atoms with Crippen molar-refractivity contribution in [3.63, 3.8) is 0 Å². The third kappa shape index (κ3) is 4.74. The second kappa shape index (κ2) is 8.37. The van der Waals surface area contributed by atoms with E-state index in [1.807, 2.05) is 53.4 Å². The van der Waals surface area contributed by atoms with Gasteiger partial charge in [0.1, 0.15) is 11.9 Å². The molecule has 0 bridgehead atoms. The van der Waals surface area contributed by atoms with Crippen LogP contribution in [0.5, 0.6) is 5.75 Å². The summed E-state index contributed by atoms with van der Waals surface area (Å²) in [5.74, 6) is 0.993. The Hall–Kier alpha value is -2.04. The molecule has 0 N–H and O–H groups in total. The quantitative estimate of drug-likeness (QED) is 0.813. The molecular formula is C20H22ClNO3. The number of carbonyl (C=O) groups is 1. The lowest BCUT2D eigenvalue weighted by atomic mass is 10.1. The Morgan fingerprint density at radius 2 is 1.92 bits per heavy atom. The van der Waals surface area contributed by atoms with Gasteiger partial charge in [-0.15, -0.1) is 0 Å². The summed E-state index contributed by atoms with van der Waals surface area (Å²) in [4.78, 5) is 14.4. The third-order valence-electron chi connectivity index (χ3n) is 4.45. The van der Waals surface area contributed by atoms with Crippen molar-refractivity contribution < 1.29 is 14.3 Å². The number of aryl methyl sites for hydroxylation is 1. The molecule has 0 spiro atoms. The minimum absolute atomic E-state index is 0.0871. The van der Waals surface area contributed by atoms with E-state index in [1.54, 1.807) is 7.11 Å². The van der Waals surface area contributed by atoms with Gasteiger partial charge in [0.2, 0.25) is 5.91 Å². The number of nitrogens with zero attached hydrogens (tertiary/aromatic N) is 1. The van der Waals surface area contributed by atoms with E-state index < -0.39 is 0 Å². The highest BCUT2D eigenvalue weighted by atomic mass is 35.5. The lowest BCUT2D eigenvalue weighted by molar-refractivity contribution is -0.139. The molecule has 1 heterocycles. The molecule has 1 saturated heterocycles. The topological polar surface area (TPSA) is 38.8 Å². The number of hydrogen-bond donors (Lipinski definition) is 0. The average Bonchev–Trinajstić information content (AvgIpc) is 2.67. The predicted molar refractivity (Wildman–Crippen MR) is 98.0 cm³/mol. The number of rotatable bonds is 5. The Morgan fingerprint density at radius 3 is 2.60 bits per heavy atom. The molecule has 5 heteroatoms. The molecule has 1 aliphatic heterocycles. The second-order valence-electron chi connectivity index (χ2n) is 6.10. The first kappa shape index (κ1) is 17.8. The zero-order chi connectivity index (χ0) is 17.6. The highest BCUT2D eigenvalue weighted by molar-refractivity contribution is 6.30. The van der Waals surface area contributed by atoms with Crippen molar-refractivity contribution in [2.24, 2.45) is 0 Å². The largest absolute Gasteiger partial charge is 0.497 e. The number of amides is 1. The number of benzene rings is 2. The van der Waals surface area contributed by atoms with Gasteiger partial charge >= 0.3 is 0 Å². The van der Waals surface area contributed by atoms with Crippen molar-refractivity contribution in [3.05, 3.63) is 64.7 Å². The van der Waals surface area contributed by atoms with Gasteiger partial charge in [0.25, 0.3) is 0 Å². The van der Waals surface area contributed by atoms with E-state index in [0.717, 1.165) is 23.3 Å². The van der Waals surface area contributed by atoms with E-state index >= 15 is 0 Å². The Bertz CT molecular complexity index is 700. The summed E-state index contributed by atoms with van der Waals surface area (Å²) < 4.78 is 11.0. The van der Waals surface area contributed by atoms with Gasteiger partial charge in [-0.05, 0) is 41.8 Å². The number of hydrogen-bond acceptors (Lipinski definition) is 3. The smallest absolute Gasteiger partial charge is 0.223 e. The van der Waals surface area contributed by atoms with Gasteiger partial charge in [-0.1, -0.05) is 35.9 Å². The van der Waals surface area contributed by atoms with Crippen LogP contribution in [0.15, 0.2) is 48.5 Å². The molecule has 1 atom stereocenters. The molecule has 0 aliphatic carbocycles. The highest BCUT2D eigenvalue weighted by Gasteiger charge is 2.25. The zero-order valence-corrected chi connectivity index (χ0v) is 15.0. The van der Waals surface area contributed by atoms with E-state index in [2.05, 4.69) is 0 Å². The summed E-state index contributed by atoms with van der Waals surface area (Å²) >= 11 is 5.94. The predicted octanol–water partition coefficient (Wildman–Crippen LogP) is 3.88. The van der Waals surface area contributed by atoms with Crippen LogP contribution < -0.4 is 4.74 Å². The summed E-state index contributed by atoms with van der Waals surface area (Å²) in [6.45, 7) is 1.79. The Balaban J connectivity index is 1.55. The maximum atomic E-state index is 12.6. The van der Waals surface area contributed by atoms with Crippen molar-refractivity contribution >= 4 is 17.5 Å². The summed E-state index contributed by atoms with van der Waals surface area (Å²) in [5, 5.41) is 0.701. The van der Waals surface area contributed by atoms with Crippen LogP contribution in [0.4, 0.5) is 0 Å². The normalized spacial score (nSPS) is 17.4. The van der Waals surface area contributed by atoms with Gasteiger partial charge in [0.15, 0.2) is 0 Å². The molecule has 4 nitrogen and oxygen atoms in total. The maximum Gasteiger partial charge on any atom is 0.223 e. The van der Waals surface area contributed by atoms with Gasteiger partial charge < -0.3 is 14.4 Å². The molecule has 1 aliphatic rings. The van der Waals surface area contributed by atoms with Gasteiger partial charge in [-0.3, -0.25) is 4.79 Å². The Morgan fingerprint density at radius 1 is 1.20 bits per heavy atom.